The normalized spacial score (nSPS) is 15.6. The van der Waals surface area contributed by atoms with Crippen LogP contribution in [0, 0.1) is 0 Å². The van der Waals surface area contributed by atoms with Crippen LogP contribution in [0.15, 0.2) is 55.7 Å². The lowest BCUT2D eigenvalue weighted by Crippen LogP contribution is -2.64. The Morgan fingerprint density at radius 1 is 0.815 bits per heavy atom. The van der Waals surface area contributed by atoms with Crippen molar-refractivity contribution in [1.29, 1.82) is 0 Å². The number of allylic oxidation sites excluding steroid dienone is 3. The largest absolute Gasteiger partial charge is 0.103 e. The Morgan fingerprint density at radius 2 is 1.33 bits per heavy atom. The molecule has 1 aromatic rings. The topological polar surface area (TPSA) is 0 Å². The summed E-state index contributed by atoms with van der Waals surface area (Å²) < 4.78 is 0.360. The van der Waals surface area contributed by atoms with E-state index in [2.05, 4.69) is 87.9 Å². The SMILES string of the molecule is C=CCCCC[Si](C)(C)C1([Si](C)(C)CCCCC=C)C=Cc2ccccc21. The van der Waals surface area contributed by atoms with Crippen LogP contribution in [0.2, 0.25) is 38.3 Å². The third-order valence-electron chi connectivity index (χ3n) is 6.95. The fourth-order valence-electron chi connectivity index (χ4n) is 5.51. The molecule has 0 spiro atoms. The molecule has 148 valence electrons. The Morgan fingerprint density at radius 3 is 1.85 bits per heavy atom. The van der Waals surface area contributed by atoms with Gasteiger partial charge in [-0.3, -0.25) is 0 Å². The highest BCUT2D eigenvalue weighted by Crippen LogP contribution is 2.52. The number of hydrogen-bond donors (Lipinski definition) is 0. The first-order valence-electron chi connectivity index (χ1n) is 10.8. The summed E-state index contributed by atoms with van der Waals surface area (Å²) in [6, 6.07) is 12.1. The summed E-state index contributed by atoms with van der Waals surface area (Å²) in [5.74, 6) is 0. The van der Waals surface area contributed by atoms with Gasteiger partial charge in [0.2, 0.25) is 0 Å². The molecular formula is C25H40Si2. The molecule has 2 heteroatoms. The lowest BCUT2D eigenvalue weighted by atomic mass is 10.1. The number of hydrogen-bond acceptors (Lipinski definition) is 0. The maximum absolute atomic E-state index is 3.90. The minimum absolute atomic E-state index is 0.360. The third-order valence-corrected chi connectivity index (χ3v) is 19.4. The molecule has 1 aliphatic carbocycles. The van der Waals surface area contributed by atoms with Gasteiger partial charge in [0.25, 0.3) is 0 Å². The summed E-state index contributed by atoms with van der Waals surface area (Å²) in [4.78, 5) is 0. The van der Waals surface area contributed by atoms with Gasteiger partial charge in [-0.25, -0.2) is 0 Å². The van der Waals surface area contributed by atoms with Crippen molar-refractivity contribution >= 4 is 22.2 Å². The summed E-state index contributed by atoms with van der Waals surface area (Å²) in [6.45, 7) is 18.5. The highest BCUT2D eigenvalue weighted by molar-refractivity contribution is 7.00. The first-order chi connectivity index (χ1) is 12.8. The van der Waals surface area contributed by atoms with E-state index < -0.39 is 16.1 Å². The zero-order chi connectivity index (χ0) is 20.0. The van der Waals surface area contributed by atoms with Crippen molar-refractivity contribution in [3.63, 3.8) is 0 Å². The number of unbranched alkanes of at least 4 members (excludes halogenated alkanes) is 4. The van der Waals surface area contributed by atoms with E-state index in [0.29, 0.717) is 4.66 Å². The van der Waals surface area contributed by atoms with E-state index in [-0.39, 0.29) is 0 Å². The molecule has 0 bridgehead atoms. The average molecular weight is 397 g/mol. The maximum Gasteiger partial charge on any atom is 0.0601 e. The van der Waals surface area contributed by atoms with Crippen molar-refractivity contribution < 1.29 is 0 Å². The average Bonchev–Trinajstić information content (AvgIpc) is 3.04. The van der Waals surface area contributed by atoms with Crippen LogP contribution < -0.4 is 0 Å². The van der Waals surface area contributed by atoms with Crippen molar-refractivity contribution in [2.24, 2.45) is 0 Å². The van der Waals surface area contributed by atoms with Crippen molar-refractivity contribution in [1.82, 2.24) is 0 Å². The van der Waals surface area contributed by atoms with Gasteiger partial charge in [-0.2, -0.15) is 0 Å². The van der Waals surface area contributed by atoms with Gasteiger partial charge in [0.05, 0.1) is 16.1 Å². The fraction of sp³-hybridized carbons (Fsp3) is 0.520. The van der Waals surface area contributed by atoms with E-state index in [1.165, 1.54) is 43.3 Å². The lowest BCUT2D eigenvalue weighted by molar-refractivity contribution is 0.772. The quantitative estimate of drug-likeness (QED) is 0.190. The monoisotopic (exact) mass is 396 g/mol. The standard InChI is InChI=1S/C25H40Si2/c1-7-9-11-15-21-26(3,4)25(27(5,6)22-16-12-10-8-2)20-19-23-17-13-14-18-24(23)25/h7-8,13-14,17-20H,1-2,9-12,15-16,21-22H2,3-6H3. The Bertz CT molecular complexity index is 639. The van der Waals surface area contributed by atoms with Crippen LogP contribution in [-0.2, 0) is 4.66 Å². The van der Waals surface area contributed by atoms with Gasteiger partial charge in [0.1, 0.15) is 0 Å². The smallest absolute Gasteiger partial charge is 0.0601 e. The molecule has 0 N–H and O–H groups in total. The van der Waals surface area contributed by atoms with Crippen molar-refractivity contribution in [3.8, 4) is 0 Å². The molecule has 1 aromatic carbocycles. The Balaban J connectivity index is 2.37. The number of benzene rings is 1. The van der Waals surface area contributed by atoms with Crippen LogP contribution in [0.4, 0.5) is 0 Å². The molecule has 0 amide bonds. The molecule has 0 aromatic heterocycles. The molecule has 0 heterocycles. The summed E-state index contributed by atoms with van der Waals surface area (Å²) in [5, 5.41) is 0. The van der Waals surface area contributed by atoms with Crippen LogP contribution >= 0.6 is 0 Å². The van der Waals surface area contributed by atoms with Crippen LogP contribution in [0.3, 0.4) is 0 Å². The second-order valence-electron chi connectivity index (χ2n) is 9.57. The molecule has 27 heavy (non-hydrogen) atoms. The third kappa shape index (κ3) is 4.48. The van der Waals surface area contributed by atoms with Gasteiger partial charge in [-0.15, -0.1) is 13.2 Å². The summed E-state index contributed by atoms with van der Waals surface area (Å²) >= 11 is 0. The van der Waals surface area contributed by atoms with Crippen LogP contribution in [-0.4, -0.2) is 16.1 Å². The predicted molar refractivity (Wildman–Crippen MR) is 130 cm³/mol. The molecule has 0 unspecified atom stereocenters. The van der Waals surface area contributed by atoms with E-state index in [1.807, 2.05) is 0 Å². The molecule has 0 saturated carbocycles. The second-order valence-corrected chi connectivity index (χ2v) is 20.2. The minimum Gasteiger partial charge on any atom is -0.103 e. The maximum atomic E-state index is 3.90. The summed E-state index contributed by atoms with van der Waals surface area (Å²) in [5.41, 5.74) is 3.14. The van der Waals surface area contributed by atoms with Gasteiger partial charge >= 0.3 is 0 Å². The van der Waals surface area contributed by atoms with Crippen LogP contribution in [0.25, 0.3) is 6.08 Å². The van der Waals surface area contributed by atoms with E-state index in [4.69, 9.17) is 0 Å². The van der Waals surface area contributed by atoms with Crippen molar-refractivity contribution in [2.45, 2.75) is 81.5 Å². The highest BCUT2D eigenvalue weighted by Gasteiger charge is 2.57. The lowest BCUT2D eigenvalue weighted by Gasteiger charge is -2.53. The van der Waals surface area contributed by atoms with Gasteiger partial charge in [-0.05, 0) is 24.0 Å². The van der Waals surface area contributed by atoms with Gasteiger partial charge in [0.15, 0.2) is 0 Å². The number of fused-ring (bicyclic) bond motifs is 1. The predicted octanol–water partition coefficient (Wildman–Crippen LogP) is 8.16. The van der Waals surface area contributed by atoms with E-state index in [0.717, 1.165) is 12.8 Å². The van der Waals surface area contributed by atoms with Crippen LogP contribution in [0.5, 0.6) is 0 Å². The first-order valence-corrected chi connectivity index (χ1v) is 17.2. The molecule has 0 saturated heterocycles. The Labute approximate surface area is 170 Å². The van der Waals surface area contributed by atoms with Crippen LogP contribution in [0.1, 0.15) is 49.7 Å². The Kier molecular flexibility index (Phi) is 7.70. The van der Waals surface area contributed by atoms with Crippen molar-refractivity contribution in [2.75, 3.05) is 0 Å². The molecule has 2 rings (SSSR count). The van der Waals surface area contributed by atoms with Crippen molar-refractivity contribution in [3.05, 3.63) is 66.8 Å². The van der Waals surface area contributed by atoms with E-state index in [1.54, 1.807) is 5.56 Å². The molecule has 0 radical (unpaired) electrons. The summed E-state index contributed by atoms with van der Waals surface area (Å²) in [6.07, 6.45) is 16.9. The number of rotatable bonds is 12. The molecule has 0 atom stereocenters. The summed E-state index contributed by atoms with van der Waals surface area (Å²) in [7, 11) is -3.01. The zero-order valence-corrected chi connectivity index (χ0v) is 20.2. The molecule has 0 fully saturated rings. The first kappa shape index (κ1) is 22.2. The van der Waals surface area contributed by atoms with Gasteiger partial charge in [0, 0.05) is 4.66 Å². The Hall–Kier alpha value is -1.13. The minimum atomic E-state index is -1.51. The molecular weight excluding hydrogens is 356 g/mol. The fourth-order valence-corrected chi connectivity index (χ4v) is 19.6. The van der Waals surface area contributed by atoms with E-state index >= 15 is 0 Å². The molecule has 0 aliphatic heterocycles. The van der Waals surface area contributed by atoms with Gasteiger partial charge in [-0.1, -0.05) is 113 Å². The van der Waals surface area contributed by atoms with E-state index in [9.17, 15) is 0 Å². The highest BCUT2D eigenvalue weighted by atomic mass is 28.4. The molecule has 1 aliphatic rings. The van der Waals surface area contributed by atoms with Gasteiger partial charge < -0.3 is 0 Å². The second kappa shape index (κ2) is 9.38. The molecule has 0 nitrogen and oxygen atoms in total. The zero-order valence-electron chi connectivity index (χ0n) is 18.2.